The monoisotopic (exact) mass is 495 g/mol. The molecular weight excluding hydrogens is 463 g/mol. The normalized spacial score (nSPS) is 19.1. The van der Waals surface area contributed by atoms with Crippen LogP contribution in [-0.4, -0.2) is 16.6 Å². The number of amidine groups is 1. The summed E-state index contributed by atoms with van der Waals surface area (Å²) in [7, 11) is 0. The van der Waals surface area contributed by atoms with E-state index in [4.69, 9.17) is 0 Å². The number of benzene rings is 2. The lowest BCUT2D eigenvalue weighted by molar-refractivity contribution is -0.158. The number of nitrogens with one attached hydrogen (secondary N) is 3. The standard InChI is InChI=1S/C28H32F3N5/c1-26(2,3)17-8-11-22-19(14-17)20-15-18(27(4,5)6)9-12-23(20)36(22)24-10-7-16(25-32-34-35-33-25)13-21(24)28(29,30)31/h7-12,14-15,21,34-35H,13H2,1-6H3,(H,32,33). The van der Waals surface area contributed by atoms with E-state index in [1.54, 1.807) is 16.7 Å². The molecule has 0 spiro atoms. The molecule has 8 heteroatoms. The number of halogens is 3. The minimum atomic E-state index is -4.43. The molecule has 1 atom stereocenters. The molecule has 2 aromatic carbocycles. The number of alkyl halides is 3. The molecule has 5 nitrogen and oxygen atoms in total. The van der Waals surface area contributed by atoms with Gasteiger partial charge in [-0.1, -0.05) is 59.8 Å². The van der Waals surface area contributed by atoms with Gasteiger partial charge in [0.05, 0.1) is 17.0 Å². The topological polar surface area (TPSA) is 53.4 Å². The fourth-order valence-electron chi connectivity index (χ4n) is 4.97. The smallest absolute Gasteiger partial charge is 0.312 e. The Hall–Kier alpha value is -3.26. The highest BCUT2D eigenvalue weighted by Crippen LogP contribution is 2.45. The van der Waals surface area contributed by atoms with Gasteiger partial charge in [0.25, 0.3) is 0 Å². The van der Waals surface area contributed by atoms with Crippen LogP contribution in [0.25, 0.3) is 27.5 Å². The zero-order valence-corrected chi connectivity index (χ0v) is 21.4. The van der Waals surface area contributed by atoms with E-state index in [-0.39, 0.29) is 22.9 Å². The molecule has 1 aromatic heterocycles. The Kier molecular flexibility index (Phi) is 5.52. The molecule has 0 saturated carbocycles. The van der Waals surface area contributed by atoms with Crippen LogP contribution in [0.2, 0.25) is 0 Å². The van der Waals surface area contributed by atoms with Gasteiger partial charge in [-0.2, -0.15) is 13.2 Å². The molecule has 1 aliphatic carbocycles. The lowest BCUT2D eigenvalue weighted by Gasteiger charge is -2.29. The van der Waals surface area contributed by atoms with Gasteiger partial charge in [-0.05, 0) is 64.3 Å². The van der Waals surface area contributed by atoms with Crippen molar-refractivity contribution in [1.29, 1.82) is 0 Å². The first-order valence-corrected chi connectivity index (χ1v) is 12.2. The number of fused-ring (bicyclic) bond motifs is 3. The number of hydrazine groups is 2. The Morgan fingerprint density at radius 1 is 0.833 bits per heavy atom. The van der Waals surface area contributed by atoms with Crippen molar-refractivity contribution in [2.45, 2.75) is 65.0 Å². The summed E-state index contributed by atoms with van der Waals surface area (Å²) in [6.07, 6.45) is -1.31. The zero-order valence-electron chi connectivity index (χ0n) is 21.4. The van der Waals surface area contributed by atoms with E-state index in [0.717, 1.165) is 32.9 Å². The van der Waals surface area contributed by atoms with Crippen LogP contribution < -0.4 is 16.5 Å². The molecule has 1 aliphatic heterocycles. The molecule has 2 heterocycles. The molecule has 3 N–H and O–H groups in total. The summed E-state index contributed by atoms with van der Waals surface area (Å²) in [5, 5.41) is 5.94. The van der Waals surface area contributed by atoms with Gasteiger partial charge in [-0.15, -0.1) is 10.6 Å². The molecule has 0 fully saturated rings. The van der Waals surface area contributed by atoms with Crippen molar-refractivity contribution in [1.82, 2.24) is 21.1 Å². The molecule has 0 saturated heterocycles. The number of hydrazone groups is 1. The first kappa shape index (κ1) is 24.4. The molecular formula is C28H32F3N5. The van der Waals surface area contributed by atoms with E-state index in [1.807, 2.05) is 24.3 Å². The quantitative estimate of drug-likeness (QED) is 0.372. The fraction of sp³-hybridized carbons (Fsp3) is 0.393. The van der Waals surface area contributed by atoms with Crippen molar-refractivity contribution < 1.29 is 13.2 Å². The highest BCUT2D eigenvalue weighted by molar-refractivity contribution is 6.11. The van der Waals surface area contributed by atoms with Crippen LogP contribution in [-0.2, 0) is 10.8 Å². The first-order chi connectivity index (χ1) is 16.7. The van der Waals surface area contributed by atoms with E-state index in [2.05, 4.69) is 75.3 Å². The van der Waals surface area contributed by atoms with Crippen LogP contribution >= 0.6 is 0 Å². The fourth-order valence-corrected chi connectivity index (χ4v) is 4.97. The van der Waals surface area contributed by atoms with Crippen molar-refractivity contribution in [3.63, 3.8) is 0 Å². The van der Waals surface area contributed by atoms with Gasteiger partial charge in [-0.25, -0.2) is 5.53 Å². The summed E-state index contributed by atoms with van der Waals surface area (Å²) in [4.78, 5) is 0. The minimum absolute atomic E-state index is 0.0857. The molecule has 36 heavy (non-hydrogen) atoms. The second-order valence-electron chi connectivity index (χ2n) is 11.7. The number of nitrogens with zero attached hydrogens (tertiary/aromatic N) is 2. The molecule has 3 aromatic rings. The van der Waals surface area contributed by atoms with Gasteiger partial charge in [0.1, 0.15) is 0 Å². The van der Waals surface area contributed by atoms with Gasteiger partial charge < -0.3 is 4.57 Å². The van der Waals surface area contributed by atoms with Crippen molar-refractivity contribution in [3.05, 3.63) is 65.3 Å². The lowest BCUT2D eigenvalue weighted by atomic mass is 9.85. The van der Waals surface area contributed by atoms with Crippen molar-refractivity contribution in [3.8, 4) is 0 Å². The average molecular weight is 496 g/mol. The zero-order chi connectivity index (χ0) is 26.0. The Labute approximate surface area is 209 Å². The van der Waals surface area contributed by atoms with Crippen molar-refractivity contribution >= 4 is 33.3 Å². The summed E-state index contributed by atoms with van der Waals surface area (Å²) in [6, 6.07) is 12.3. The molecule has 0 radical (unpaired) electrons. The van der Waals surface area contributed by atoms with Crippen LogP contribution in [0.1, 0.15) is 59.1 Å². The lowest BCUT2D eigenvalue weighted by Crippen LogP contribution is -2.37. The molecule has 2 aliphatic rings. The van der Waals surface area contributed by atoms with E-state index >= 15 is 0 Å². The van der Waals surface area contributed by atoms with Crippen LogP contribution in [0, 0.1) is 5.92 Å². The second-order valence-corrected chi connectivity index (χ2v) is 11.7. The van der Waals surface area contributed by atoms with Crippen LogP contribution in [0.4, 0.5) is 13.2 Å². The number of allylic oxidation sites excluding steroid dienone is 3. The summed E-state index contributed by atoms with van der Waals surface area (Å²) in [5.41, 5.74) is 12.3. The van der Waals surface area contributed by atoms with E-state index in [0.29, 0.717) is 11.4 Å². The summed E-state index contributed by atoms with van der Waals surface area (Å²) >= 11 is 0. The minimum Gasteiger partial charge on any atom is -0.312 e. The number of hydrogen-bond donors (Lipinski definition) is 3. The SMILES string of the molecule is CC(C)(C)c1ccc2c(c1)c1cc(C(C)(C)C)ccc1n2C1=CC=C(C2=NNNN2)CC1C(F)(F)F. The Morgan fingerprint density at radius 2 is 1.39 bits per heavy atom. The van der Waals surface area contributed by atoms with Gasteiger partial charge in [-0.3, -0.25) is 5.43 Å². The highest BCUT2D eigenvalue weighted by atomic mass is 19.4. The van der Waals surface area contributed by atoms with E-state index in [1.165, 1.54) is 0 Å². The van der Waals surface area contributed by atoms with Gasteiger partial charge in [0.2, 0.25) is 0 Å². The maximum Gasteiger partial charge on any atom is 0.397 e. The predicted octanol–water partition coefficient (Wildman–Crippen LogP) is 6.66. The maximum atomic E-state index is 14.5. The van der Waals surface area contributed by atoms with E-state index < -0.39 is 12.1 Å². The van der Waals surface area contributed by atoms with Gasteiger partial charge in [0, 0.05) is 16.5 Å². The maximum absolute atomic E-state index is 14.5. The Morgan fingerprint density at radius 3 is 1.83 bits per heavy atom. The average Bonchev–Trinajstić information content (AvgIpc) is 3.43. The Balaban J connectivity index is 1.80. The van der Waals surface area contributed by atoms with Gasteiger partial charge >= 0.3 is 6.18 Å². The Bertz CT molecular complexity index is 1370. The highest BCUT2D eigenvalue weighted by Gasteiger charge is 2.45. The third kappa shape index (κ3) is 4.17. The predicted molar refractivity (Wildman–Crippen MR) is 140 cm³/mol. The van der Waals surface area contributed by atoms with E-state index in [9.17, 15) is 13.2 Å². The number of aromatic nitrogens is 1. The van der Waals surface area contributed by atoms with Crippen molar-refractivity contribution in [2.24, 2.45) is 11.0 Å². The third-order valence-corrected chi connectivity index (χ3v) is 7.10. The van der Waals surface area contributed by atoms with Crippen LogP contribution in [0.5, 0.6) is 0 Å². The van der Waals surface area contributed by atoms with Crippen molar-refractivity contribution in [2.75, 3.05) is 0 Å². The summed E-state index contributed by atoms with van der Waals surface area (Å²) < 4.78 is 45.3. The second kappa shape index (κ2) is 8.13. The summed E-state index contributed by atoms with van der Waals surface area (Å²) in [5.74, 6) is -1.31. The molecule has 190 valence electrons. The molecule has 0 bridgehead atoms. The van der Waals surface area contributed by atoms with Gasteiger partial charge in [0.15, 0.2) is 5.84 Å². The number of hydrogen-bond acceptors (Lipinski definition) is 4. The largest absolute Gasteiger partial charge is 0.397 e. The molecule has 1 unspecified atom stereocenters. The number of rotatable bonds is 2. The molecule has 0 amide bonds. The first-order valence-electron chi connectivity index (χ1n) is 12.2. The van der Waals surface area contributed by atoms with Crippen LogP contribution in [0.3, 0.4) is 0 Å². The molecule has 5 rings (SSSR count). The third-order valence-electron chi connectivity index (χ3n) is 7.10. The summed E-state index contributed by atoms with van der Waals surface area (Å²) in [6.45, 7) is 12.9. The van der Waals surface area contributed by atoms with Crippen LogP contribution in [0.15, 0.2) is 59.2 Å².